The molecule has 0 saturated carbocycles. The molecule has 0 aliphatic carbocycles. The Kier molecular flexibility index (Phi) is 4.97. The summed E-state index contributed by atoms with van der Waals surface area (Å²) >= 11 is 0. The Morgan fingerprint density at radius 3 is 2.48 bits per heavy atom. The highest BCUT2D eigenvalue weighted by Crippen LogP contribution is 2.27. The van der Waals surface area contributed by atoms with Crippen LogP contribution in [0.4, 0.5) is 4.39 Å². The van der Waals surface area contributed by atoms with Crippen molar-refractivity contribution in [3.05, 3.63) is 58.9 Å². The van der Waals surface area contributed by atoms with E-state index in [4.69, 9.17) is 10.5 Å². The molecular formula is C18H22FNO. The van der Waals surface area contributed by atoms with E-state index in [1.807, 2.05) is 45.0 Å². The van der Waals surface area contributed by atoms with E-state index >= 15 is 0 Å². The smallest absolute Gasteiger partial charge is 0.165 e. The van der Waals surface area contributed by atoms with Crippen molar-refractivity contribution in [2.24, 2.45) is 5.73 Å². The lowest BCUT2D eigenvalue weighted by molar-refractivity contribution is 0.441. The first-order valence-electron chi connectivity index (χ1n) is 7.28. The van der Waals surface area contributed by atoms with Gasteiger partial charge in [0, 0.05) is 6.04 Å². The number of aryl methyl sites for hydroxylation is 2. The topological polar surface area (TPSA) is 35.2 Å². The fourth-order valence-corrected chi connectivity index (χ4v) is 2.11. The number of hydrogen-bond acceptors (Lipinski definition) is 2. The minimum absolute atomic E-state index is 0.0657. The number of hydrogen-bond donors (Lipinski definition) is 1. The maximum atomic E-state index is 14.1. The zero-order valence-corrected chi connectivity index (χ0v) is 12.8. The van der Waals surface area contributed by atoms with Gasteiger partial charge in [-0.3, -0.25) is 0 Å². The molecule has 0 spiro atoms. The molecule has 0 heterocycles. The first-order chi connectivity index (χ1) is 9.99. The maximum absolute atomic E-state index is 14.1. The van der Waals surface area contributed by atoms with Gasteiger partial charge in [0.15, 0.2) is 11.6 Å². The molecule has 3 heteroatoms. The molecular weight excluding hydrogens is 265 g/mol. The van der Waals surface area contributed by atoms with Gasteiger partial charge in [-0.15, -0.1) is 0 Å². The molecule has 0 saturated heterocycles. The predicted molar refractivity (Wildman–Crippen MR) is 84.4 cm³/mol. The Morgan fingerprint density at radius 2 is 1.86 bits per heavy atom. The minimum Gasteiger partial charge on any atom is -0.454 e. The van der Waals surface area contributed by atoms with Gasteiger partial charge in [-0.2, -0.15) is 0 Å². The van der Waals surface area contributed by atoms with Crippen LogP contribution in [0.15, 0.2) is 36.4 Å². The first kappa shape index (κ1) is 15.5. The molecule has 0 radical (unpaired) electrons. The molecule has 2 nitrogen and oxygen atoms in total. The third kappa shape index (κ3) is 4.05. The summed E-state index contributed by atoms with van der Waals surface area (Å²) in [6.07, 6.45) is 1.56. The van der Waals surface area contributed by atoms with Crippen LogP contribution >= 0.6 is 0 Å². The van der Waals surface area contributed by atoms with Crippen LogP contribution < -0.4 is 10.5 Å². The second-order valence-corrected chi connectivity index (χ2v) is 5.49. The van der Waals surface area contributed by atoms with Crippen molar-refractivity contribution in [3.63, 3.8) is 0 Å². The fourth-order valence-electron chi connectivity index (χ4n) is 2.11. The summed E-state index contributed by atoms with van der Waals surface area (Å²) < 4.78 is 19.7. The molecule has 1 atom stereocenters. The van der Waals surface area contributed by atoms with Gasteiger partial charge >= 0.3 is 0 Å². The molecule has 0 aliphatic heterocycles. The number of benzene rings is 2. The number of halogens is 1. The molecule has 2 aromatic rings. The van der Waals surface area contributed by atoms with Crippen LogP contribution in [0.1, 0.15) is 30.0 Å². The van der Waals surface area contributed by atoms with Crippen LogP contribution in [0.3, 0.4) is 0 Å². The van der Waals surface area contributed by atoms with Crippen molar-refractivity contribution in [2.75, 3.05) is 0 Å². The summed E-state index contributed by atoms with van der Waals surface area (Å²) in [6, 6.07) is 10.8. The molecule has 0 aliphatic rings. The average molecular weight is 287 g/mol. The maximum Gasteiger partial charge on any atom is 0.165 e. The standard InChI is InChI=1S/C18H22FNO/c1-4-15(20)10-14-6-8-18(17(19)11-14)21-16-7-5-12(2)13(3)9-16/h5-9,11,15H,4,10,20H2,1-3H3. The number of nitrogens with two attached hydrogens (primary N) is 1. The van der Waals surface area contributed by atoms with Crippen molar-refractivity contribution >= 4 is 0 Å². The van der Waals surface area contributed by atoms with Gasteiger partial charge in [0.1, 0.15) is 5.75 Å². The quantitative estimate of drug-likeness (QED) is 0.877. The Hall–Kier alpha value is -1.87. The third-order valence-electron chi connectivity index (χ3n) is 3.72. The van der Waals surface area contributed by atoms with Gasteiger partial charge in [-0.05, 0) is 67.6 Å². The summed E-state index contributed by atoms with van der Waals surface area (Å²) in [5.41, 5.74) is 9.10. The van der Waals surface area contributed by atoms with Crippen molar-refractivity contribution in [1.29, 1.82) is 0 Å². The highest BCUT2D eigenvalue weighted by atomic mass is 19.1. The van der Waals surface area contributed by atoms with Gasteiger partial charge in [0.2, 0.25) is 0 Å². The highest BCUT2D eigenvalue weighted by Gasteiger charge is 2.09. The lowest BCUT2D eigenvalue weighted by Gasteiger charge is -2.12. The predicted octanol–water partition coefficient (Wildman–Crippen LogP) is 4.51. The van der Waals surface area contributed by atoms with E-state index in [-0.39, 0.29) is 17.6 Å². The Balaban J connectivity index is 2.15. The second-order valence-electron chi connectivity index (χ2n) is 5.49. The number of rotatable bonds is 5. The van der Waals surface area contributed by atoms with E-state index in [2.05, 4.69) is 0 Å². The summed E-state index contributed by atoms with van der Waals surface area (Å²) in [5.74, 6) is 0.538. The minimum atomic E-state index is -0.353. The molecule has 0 fully saturated rings. The van der Waals surface area contributed by atoms with Crippen LogP contribution in [0, 0.1) is 19.7 Å². The van der Waals surface area contributed by atoms with Crippen LogP contribution in [0.5, 0.6) is 11.5 Å². The van der Waals surface area contributed by atoms with E-state index in [1.54, 1.807) is 6.07 Å². The molecule has 2 N–H and O–H groups in total. The summed E-state index contributed by atoms with van der Waals surface area (Å²) in [7, 11) is 0. The molecule has 21 heavy (non-hydrogen) atoms. The van der Waals surface area contributed by atoms with Crippen molar-refractivity contribution in [2.45, 2.75) is 39.7 Å². The van der Waals surface area contributed by atoms with Crippen molar-refractivity contribution in [3.8, 4) is 11.5 Å². The SMILES string of the molecule is CCC(N)Cc1ccc(Oc2ccc(C)c(C)c2)c(F)c1. The van der Waals surface area contributed by atoms with Crippen molar-refractivity contribution < 1.29 is 9.13 Å². The third-order valence-corrected chi connectivity index (χ3v) is 3.72. The highest BCUT2D eigenvalue weighted by molar-refractivity contribution is 5.38. The van der Waals surface area contributed by atoms with Gasteiger partial charge < -0.3 is 10.5 Å². The van der Waals surface area contributed by atoms with E-state index in [0.29, 0.717) is 12.2 Å². The Morgan fingerprint density at radius 1 is 1.10 bits per heavy atom. The first-order valence-corrected chi connectivity index (χ1v) is 7.28. The molecule has 2 aromatic carbocycles. The second kappa shape index (κ2) is 6.72. The normalized spacial score (nSPS) is 12.2. The van der Waals surface area contributed by atoms with Crippen LogP contribution in [-0.4, -0.2) is 6.04 Å². The molecule has 0 bridgehead atoms. The van der Waals surface area contributed by atoms with Crippen LogP contribution in [0.25, 0.3) is 0 Å². The Bertz CT molecular complexity index is 625. The Labute approximate surface area is 125 Å². The molecule has 112 valence electrons. The molecule has 1 unspecified atom stereocenters. The van der Waals surface area contributed by atoms with Gasteiger partial charge in [0.05, 0.1) is 0 Å². The van der Waals surface area contributed by atoms with Crippen LogP contribution in [0.2, 0.25) is 0 Å². The number of ether oxygens (including phenoxy) is 1. The average Bonchev–Trinajstić information content (AvgIpc) is 2.45. The molecule has 2 rings (SSSR count). The lowest BCUT2D eigenvalue weighted by atomic mass is 10.0. The van der Waals surface area contributed by atoms with E-state index in [9.17, 15) is 4.39 Å². The van der Waals surface area contributed by atoms with Crippen LogP contribution in [-0.2, 0) is 6.42 Å². The van der Waals surface area contributed by atoms with Gasteiger partial charge in [-0.25, -0.2) is 4.39 Å². The van der Waals surface area contributed by atoms with Crippen molar-refractivity contribution in [1.82, 2.24) is 0 Å². The largest absolute Gasteiger partial charge is 0.454 e. The zero-order chi connectivity index (χ0) is 15.4. The molecule has 0 aromatic heterocycles. The van der Waals surface area contributed by atoms with E-state index in [1.165, 1.54) is 11.6 Å². The summed E-state index contributed by atoms with van der Waals surface area (Å²) in [6.45, 7) is 6.07. The van der Waals surface area contributed by atoms with E-state index in [0.717, 1.165) is 17.5 Å². The monoisotopic (exact) mass is 287 g/mol. The lowest BCUT2D eigenvalue weighted by Crippen LogP contribution is -2.21. The molecule has 0 amide bonds. The van der Waals surface area contributed by atoms with E-state index < -0.39 is 0 Å². The summed E-state index contributed by atoms with van der Waals surface area (Å²) in [4.78, 5) is 0. The van der Waals surface area contributed by atoms with Gasteiger partial charge in [-0.1, -0.05) is 19.1 Å². The summed E-state index contributed by atoms with van der Waals surface area (Å²) in [5, 5.41) is 0. The fraction of sp³-hybridized carbons (Fsp3) is 0.333. The van der Waals surface area contributed by atoms with Gasteiger partial charge in [0.25, 0.3) is 0 Å². The zero-order valence-electron chi connectivity index (χ0n) is 12.8.